The first-order chi connectivity index (χ1) is 6.15. The summed E-state index contributed by atoms with van der Waals surface area (Å²) in [5.41, 5.74) is 2.83. The molecule has 3 nitrogen and oxygen atoms in total. The molecule has 0 saturated heterocycles. The van der Waals surface area contributed by atoms with Crippen molar-refractivity contribution in [3.05, 3.63) is 28.5 Å². The fraction of sp³-hybridized carbons (Fsp3) is 0.250. The first-order valence-electron chi connectivity index (χ1n) is 3.58. The Kier molecular flexibility index (Phi) is 3.48. The number of halogens is 2. The van der Waals surface area contributed by atoms with Gasteiger partial charge in [0.2, 0.25) is 0 Å². The molecule has 0 aliphatic rings. The van der Waals surface area contributed by atoms with E-state index in [1.54, 1.807) is 0 Å². The molecule has 1 rings (SSSR count). The van der Waals surface area contributed by atoms with E-state index in [4.69, 9.17) is 11.6 Å². The summed E-state index contributed by atoms with van der Waals surface area (Å²) >= 11 is 5.54. The molecule has 72 valence electrons. The summed E-state index contributed by atoms with van der Waals surface area (Å²) in [7, 11) is 1.43. The third kappa shape index (κ3) is 2.55. The Morgan fingerprint density at radius 1 is 1.62 bits per heavy atom. The van der Waals surface area contributed by atoms with Gasteiger partial charge in [-0.2, -0.15) is 5.48 Å². The summed E-state index contributed by atoms with van der Waals surface area (Å²) in [5, 5.41) is 9.35. The number of phenols is 1. The number of nitrogens with one attached hydrogen (secondary N) is 1. The van der Waals surface area contributed by atoms with Crippen LogP contribution in [0.4, 0.5) is 4.39 Å². The minimum absolute atomic E-state index is 0.00657. The largest absolute Gasteiger partial charge is 0.506 e. The topological polar surface area (TPSA) is 41.5 Å². The molecule has 1 aromatic carbocycles. The highest BCUT2D eigenvalue weighted by Crippen LogP contribution is 2.28. The van der Waals surface area contributed by atoms with Gasteiger partial charge in [-0.3, -0.25) is 0 Å². The van der Waals surface area contributed by atoms with Gasteiger partial charge in [-0.1, -0.05) is 11.6 Å². The molecule has 0 unspecified atom stereocenters. The molecule has 1 aromatic rings. The Morgan fingerprint density at radius 3 is 2.92 bits per heavy atom. The molecule has 0 aromatic heterocycles. The second-order valence-electron chi connectivity index (χ2n) is 2.42. The van der Waals surface area contributed by atoms with Crippen molar-refractivity contribution in [1.82, 2.24) is 5.48 Å². The van der Waals surface area contributed by atoms with Gasteiger partial charge in [-0.05, 0) is 12.1 Å². The molecular weight excluding hydrogens is 197 g/mol. The van der Waals surface area contributed by atoms with Crippen LogP contribution in [-0.2, 0) is 11.4 Å². The van der Waals surface area contributed by atoms with E-state index in [0.29, 0.717) is 5.56 Å². The Labute approximate surface area is 80.0 Å². The van der Waals surface area contributed by atoms with Crippen LogP contribution < -0.4 is 5.48 Å². The van der Waals surface area contributed by atoms with E-state index in [1.807, 2.05) is 0 Å². The summed E-state index contributed by atoms with van der Waals surface area (Å²) in [5.74, 6) is -0.622. The molecule has 0 heterocycles. The van der Waals surface area contributed by atoms with Gasteiger partial charge in [0.25, 0.3) is 0 Å². The minimum atomic E-state index is -0.490. The Hall–Kier alpha value is -0.840. The maximum absolute atomic E-state index is 12.8. The fourth-order valence-electron chi connectivity index (χ4n) is 0.904. The van der Waals surface area contributed by atoms with E-state index in [9.17, 15) is 9.50 Å². The monoisotopic (exact) mass is 205 g/mol. The van der Waals surface area contributed by atoms with Crippen molar-refractivity contribution >= 4 is 11.6 Å². The molecule has 0 spiro atoms. The molecule has 5 heteroatoms. The predicted octanol–water partition coefficient (Wildman–Crippen LogP) is 1.84. The van der Waals surface area contributed by atoms with Gasteiger partial charge in [0.1, 0.15) is 11.6 Å². The van der Waals surface area contributed by atoms with Crippen LogP contribution in [-0.4, -0.2) is 12.2 Å². The summed E-state index contributed by atoms with van der Waals surface area (Å²) < 4.78 is 12.8. The zero-order chi connectivity index (χ0) is 9.84. The quantitative estimate of drug-likeness (QED) is 0.740. The lowest BCUT2D eigenvalue weighted by Gasteiger charge is -2.06. The molecule has 2 N–H and O–H groups in total. The van der Waals surface area contributed by atoms with E-state index in [-0.39, 0.29) is 17.3 Å². The highest BCUT2D eigenvalue weighted by Gasteiger charge is 2.07. The van der Waals surface area contributed by atoms with Gasteiger partial charge in [-0.15, -0.1) is 0 Å². The SMILES string of the molecule is CONCc1cc(F)cc(Cl)c1O. The lowest BCUT2D eigenvalue weighted by Crippen LogP contribution is -2.11. The number of hydroxylamine groups is 1. The third-order valence-corrected chi connectivity index (χ3v) is 1.80. The molecule has 0 saturated carbocycles. The molecule has 0 fully saturated rings. The first kappa shape index (κ1) is 10.2. The molecule has 0 atom stereocenters. The van der Waals surface area contributed by atoms with Crippen molar-refractivity contribution in [1.29, 1.82) is 0 Å². The maximum atomic E-state index is 12.8. The van der Waals surface area contributed by atoms with Crippen LogP contribution in [0.2, 0.25) is 5.02 Å². The molecule has 13 heavy (non-hydrogen) atoms. The summed E-state index contributed by atoms with van der Waals surface area (Å²) in [6, 6.07) is 2.24. The van der Waals surface area contributed by atoms with Crippen molar-refractivity contribution in [2.24, 2.45) is 0 Å². The molecule has 0 aliphatic carbocycles. The number of phenolic OH excluding ortho intramolecular Hbond substituents is 1. The van der Waals surface area contributed by atoms with Crippen molar-refractivity contribution < 1.29 is 14.3 Å². The van der Waals surface area contributed by atoms with Gasteiger partial charge >= 0.3 is 0 Å². The number of aromatic hydroxyl groups is 1. The van der Waals surface area contributed by atoms with Crippen molar-refractivity contribution in [2.45, 2.75) is 6.54 Å². The highest BCUT2D eigenvalue weighted by molar-refractivity contribution is 6.32. The van der Waals surface area contributed by atoms with Gasteiger partial charge in [0.15, 0.2) is 0 Å². The summed E-state index contributed by atoms with van der Waals surface area (Å²) in [4.78, 5) is 4.55. The highest BCUT2D eigenvalue weighted by atomic mass is 35.5. The second kappa shape index (κ2) is 4.41. The Balaban J connectivity index is 2.92. The zero-order valence-electron chi connectivity index (χ0n) is 6.97. The minimum Gasteiger partial charge on any atom is -0.506 e. The average molecular weight is 206 g/mol. The Bertz CT molecular complexity index is 306. The maximum Gasteiger partial charge on any atom is 0.138 e. The van der Waals surface area contributed by atoms with Crippen LogP contribution >= 0.6 is 11.6 Å². The van der Waals surface area contributed by atoms with Crippen LogP contribution in [0.3, 0.4) is 0 Å². The fourth-order valence-corrected chi connectivity index (χ4v) is 1.13. The normalized spacial score (nSPS) is 10.4. The van der Waals surface area contributed by atoms with Gasteiger partial charge < -0.3 is 9.94 Å². The molecule has 0 amide bonds. The van der Waals surface area contributed by atoms with Crippen LogP contribution in [0.5, 0.6) is 5.75 Å². The lowest BCUT2D eigenvalue weighted by molar-refractivity contribution is 0.0861. The van der Waals surface area contributed by atoms with Crippen molar-refractivity contribution in [2.75, 3.05) is 7.11 Å². The second-order valence-corrected chi connectivity index (χ2v) is 2.83. The van der Waals surface area contributed by atoms with Crippen LogP contribution in [0, 0.1) is 5.82 Å². The zero-order valence-corrected chi connectivity index (χ0v) is 7.73. The predicted molar refractivity (Wildman–Crippen MR) is 46.9 cm³/mol. The standard InChI is InChI=1S/C8H9ClFNO2/c1-13-11-4-5-2-6(10)3-7(9)8(5)12/h2-3,11-12H,4H2,1H3. The number of hydrogen-bond acceptors (Lipinski definition) is 3. The number of rotatable bonds is 3. The van der Waals surface area contributed by atoms with Crippen LogP contribution in [0.1, 0.15) is 5.56 Å². The first-order valence-corrected chi connectivity index (χ1v) is 3.95. The summed E-state index contributed by atoms with van der Waals surface area (Å²) in [6.07, 6.45) is 0. The van der Waals surface area contributed by atoms with Crippen LogP contribution in [0.15, 0.2) is 12.1 Å². The van der Waals surface area contributed by atoms with E-state index in [2.05, 4.69) is 10.3 Å². The Morgan fingerprint density at radius 2 is 2.31 bits per heavy atom. The average Bonchev–Trinajstić information content (AvgIpc) is 2.09. The third-order valence-electron chi connectivity index (χ3n) is 1.51. The van der Waals surface area contributed by atoms with Crippen molar-refractivity contribution in [3.8, 4) is 5.75 Å². The van der Waals surface area contributed by atoms with E-state index < -0.39 is 5.82 Å². The van der Waals surface area contributed by atoms with E-state index >= 15 is 0 Å². The molecule has 0 aliphatic heterocycles. The van der Waals surface area contributed by atoms with Gasteiger partial charge in [-0.25, -0.2) is 4.39 Å². The van der Waals surface area contributed by atoms with Crippen LogP contribution in [0.25, 0.3) is 0 Å². The number of benzene rings is 1. The smallest absolute Gasteiger partial charge is 0.138 e. The van der Waals surface area contributed by atoms with Gasteiger partial charge in [0.05, 0.1) is 12.1 Å². The molecule has 0 bridgehead atoms. The molecule has 0 radical (unpaired) electrons. The lowest BCUT2D eigenvalue weighted by atomic mass is 10.2. The van der Waals surface area contributed by atoms with E-state index in [0.717, 1.165) is 6.07 Å². The van der Waals surface area contributed by atoms with Crippen molar-refractivity contribution in [3.63, 3.8) is 0 Å². The summed E-state index contributed by atoms with van der Waals surface area (Å²) in [6.45, 7) is 0.194. The number of hydrogen-bond donors (Lipinski definition) is 2. The van der Waals surface area contributed by atoms with E-state index in [1.165, 1.54) is 13.2 Å². The van der Waals surface area contributed by atoms with Gasteiger partial charge in [0, 0.05) is 12.1 Å². The molecular formula is C8H9ClFNO2.